The van der Waals surface area contributed by atoms with Crippen molar-refractivity contribution in [3.63, 3.8) is 0 Å². The molecule has 1 aliphatic heterocycles. The second kappa shape index (κ2) is 9.43. The van der Waals surface area contributed by atoms with Crippen molar-refractivity contribution in [2.24, 2.45) is 0 Å². The van der Waals surface area contributed by atoms with Crippen molar-refractivity contribution in [1.29, 1.82) is 0 Å². The first-order valence-corrected chi connectivity index (χ1v) is 11.5. The number of ether oxygens (including phenoxy) is 2. The zero-order valence-corrected chi connectivity index (χ0v) is 19.1. The number of aliphatic hydroxyl groups is 4. The number of hydrogen-bond acceptors (Lipinski definition) is 7. The molecule has 0 bridgehead atoms. The topological polar surface area (TPSA) is 104 Å². The fourth-order valence-corrected chi connectivity index (χ4v) is 5.01. The molecule has 0 radical (unpaired) electrons. The molecule has 2 aromatic carbocycles. The van der Waals surface area contributed by atoms with E-state index >= 15 is 0 Å². The average molecular weight is 460 g/mol. The molecule has 4 N–H and O–H groups in total. The van der Waals surface area contributed by atoms with E-state index in [1.54, 1.807) is 16.3 Å². The lowest BCUT2D eigenvalue weighted by atomic mass is 9.98. The highest BCUT2D eigenvalue weighted by atomic mass is 32.2. The van der Waals surface area contributed by atoms with Gasteiger partial charge in [-0.2, -0.15) is 0 Å². The van der Waals surface area contributed by atoms with E-state index in [1.807, 2.05) is 69.4 Å². The smallest absolute Gasteiger partial charge is 0.163 e. The molecule has 8 heteroatoms. The van der Waals surface area contributed by atoms with Crippen molar-refractivity contribution in [2.75, 3.05) is 6.61 Å². The predicted octanol–water partition coefficient (Wildman–Crippen LogP) is 2.86. The molecule has 0 spiro atoms. The molecule has 1 aromatic heterocycles. The number of aryl methyl sites for hydroxylation is 1. The highest BCUT2D eigenvalue weighted by molar-refractivity contribution is 7.99. The van der Waals surface area contributed by atoms with Crippen LogP contribution in [0.2, 0.25) is 0 Å². The Morgan fingerprint density at radius 2 is 1.75 bits per heavy atom. The Kier molecular flexibility index (Phi) is 6.80. The third-order valence-corrected chi connectivity index (χ3v) is 6.64. The van der Waals surface area contributed by atoms with Crippen molar-refractivity contribution in [3.05, 3.63) is 54.2 Å². The van der Waals surface area contributed by atoms with Crippen LogP contribution < -0.4 is 4.74 Å². The summed E-state index contributed by atoms with van der Waals surface area (Å²) < 4.78 is 13.3. The molecule has 32 heavy (non-hydrogen) atoms. The number of aromatic nitrogens is 1. The van der Waals surface area contributed by atoms with Gasteiger partial charge in [0.25, 0.3) is 0 Å². The minimum Gasteiger partial charge on any atom is -0.491 e. The first-order valence-electron chi connectivity index (χ1n) is 10.7. The number of rotatable bonds is 6. The number of aliphatic hydroxyl groups excluding tert-OH is 4. The third kappa shape index (κ3) is 4.39. The predicted molar refractivity (Wildman–Crippen MR) is 122 cm³/mol. The van der Waals surface area contributed by atoms with Crippen LogP contribution in [0.25, 0.3) is 10.9 Å². The van der Waals surface area contributed by atoms with Gasteiger partial charge in [0.15, 0.2) is 6.23 Å². The van der Waals surface area contributed by atoms with Crippen molar-refractivity contribution in [3.8, 4) is 5.75 Å². The van der Waals surface area contributed by atoms with Crippen molar-refractivity contribution >= 4 is 22.7 Å². The summed E-state index contributed by atoms with van der Waals surface area (Å²) in [5.41, 5.74) is 1.84. The van der Waals surface area contributed by atoms with E-state index < -0.39 is 37.3 Å². The summed E-state index contributed by atoms with van der Waals surface area (Å²) in [4.78, 5) is 1.98. The van der Waals surface area contributed by atoms with E-state index in [1.165, 1.54) is 0 Å². The molecule has 4 rings (SSSR count). The van der Waals surface area contributed by atoms with Crippen LogP contribution in [0.5, 0.6) is 5.75 Å². The van der Waals surface area contributed by atoms with Crippen LogP contribution in [0, 0.1) is 6.92 Å². The van der Waals surface area contributed by atoms with Gasteiger partial charge in [0.05, 0.1) is 18.2 Å². The molecule has 0 aliphatic carbocycles. The Bertz CT molecular complexity index is 1060. The number of hydrogen-bond donors (Lipinski definition) is 4. The number of para-hydroxylation sites is 1. The fraction of sp³-hybridized carbons (Fsp3) is 0.417. The van der Waals surface area contributed by atoms with Gasteiger partial charge in [-0.05, 0) is 50.6 Å². The minimum atomic E-state index is -1.43. The van der Waals surface area contributed by atoms with Gasteiger partial charge in [0.1, 0.15) is 30.2 Å². The van der Waals surface area contributed by atoms with Gasteiger partial charge in [-0.25, -0.2) is 0 Å². The molecule has 7 nitrogen and oxygen atoms in total. The van der Waals surface area contributed by atoms with Crippen LogP contribution in [-0.2, 0) is 4.74 Å². The number of nitrogens with zero attached hydrogens (tertiary/aromatic N) is 1. The molecule has 1 aliphatic rings. The van der Waals surface area contributed by atoms with Gasteiger partial charge in [0, 0.05) is 21.4 Å². The third-order valence-electron chi connectivity index (χ3n) is 5.58. The Hall–Kier alpha value is -2.07. The van der Waals surface area contributed by atoms with Gasteiger partial charge >= 0.3 is 0 Å². The summed E-state index contributed by atoms with van der Waals surface area (Å²) >= 11 is 1.57. The van der Waals surface area contributed by atoms with Crippen molar-refractivity contribution in [1.82, 2.24) is 4.57 Å². The molecule has 5 atom stereocenters. The summed E-state index contributed by atoms with van der Waals surface area (Å²) in [5.74, 6) is 0.809. The molecular weight excluding hydrogens is 430 g/mol. The van der Waals surface area contributed by atoms with Crippen LogP contribution >= 0.6 is 11.8 Å². The SMILES string of the molecule is Cc1cccc2c(Sc3ccc(OC(C)C)cc3)cn([C@@H]3O[C@H](CO)[C@@H](O)[C@H](O)[C@H]3O)c12. The Morgan fingerprint density at radius 1 is 1.03 bits per heavy atom. The van der Waals surface area contributed by atoms with Crippen molar-refractivity contribution in [2.45, 2.75) is 67.3 Å². The van der Waals surface area contributed by atoms with Gasteiger partial charge in [0.2, 0.25) is 0 Å². The van der Waals surface area contributed by atoms with E-state index in [-0.39, 0.29) is 6.10 Å². The summed E-state index contributed by atoms with van der Waals surface area (Å²) in [6, 6.07) is 13.8. The van der Waals surface area contributed by atoms with Crippen LogP contribution in [0.3, 0.4) is 0 Å². The number of fused-ring (bicyclic) bond motifs is 1. The van der Waals surface area contributed by atoms with E-state index in [0.717, 1.165) is 32.0 Å². The normalized spacial score (nSPS) is 26.1. The van der Waals surface area contributed by atoms with Gasteiger partial charge in [-0.15, -0.1) is 0 Å². The Labute approximate surface area is 191 Å². The second-order valence-electron chi connectivity index (χ2n) is 8.33. The molecule has 1 fully saturated rings. The summed E-state index contributed by atoms with van der Waals surface area (Å²) in [6.07, 6.45) is -4.11. The molecule has 3 aromatic rings. The first kappa shape index (κ1) is 23.1. The maximum atomic E-state index is 10.7. The van der Waals surface area contributed by atoms with Crippen LogP contribution in [0.15, 0.2) is 58.5 Å². The van der Waals surface area contributed by atoms with Crippen LogP contribution in [0.4, 0.5) is 0 Å². The Balaban J connectivity index is 1.71. The average Bonchev–Trinajstić information content (AvgIpc) is 3.13. The zero-order chi connectivity index (χ0) is 23.0. The first-order chi connectivity index (χ1) is 15.3. The molecule has 0 unspecified atom stereocenters. The summed E-state index contributed by atoms with van der Waals surface area (Å²) in [5, 5.41) is 41.7. The number of benzene rings is 2. The van der Waals surface area contributed by atoms with Gasteiger partial charge in [-0.3, -0.25) is 0 Å². The molecule has 2 heterocycles. The van der Waals surface area contributed by atoms with Crippen LogP contribution in [-0.4, -0.2) is 62.1 Å². The highest BCUT2D eigenvalue weighted by Gasteiger charge is 2.44. The maximum absolute atomic E-state index is 10.7. The van der Waals surface area contributed by atoms with E-state index in [9.17, 15) is 20.4 Å². The monoisotopic (exact) mass is 459 g/mol. The molecular formula is C24H29NO6S. The molecule has 0 amide bonds. The van der Waals surface area contributed by atoms with Gasteiger partial charge in [-0.1, -0.05) is 30.0 Å². The van der Waals surface area contributed by atoms with Gasteiger partial charge < -0.3 is 34.5 Å². The lowest BCUT2D eigenvalue weighted by Crippen LogP contribution is -2.56. The minimum absolute atomic E-state index is 0.105. The quantitative estimate of drug-likeness (QED) is 0.449. The fourth-order valence-electron chi connectivity index (χ4n) is 4.04. The Morgan fingerprint density at radius 3 is 2.41 bits per heavy atom. The lowest BCUT2D eigenvalue weighted by molar-refractivity contribution is -0.250. The standard InChI is InChI=1S/C24H29NO6S/c1-13(2)30-15-7-9-16(10-8-15)32-19-11-25(20-14(3)5-4-6-17(19)20)24-23(29)22(28)21(27)18(12-26)31-24/h4-11,13,18,21-24,26-29H,12H2,1-3H3/t18-,21-,22+,23-,24-/m1/s1. The highest BCUT2D eigenvalue weighted by Crippen LogP contribution is 2.40. The molecule has 1 saturated heterocycles. The maximum Gasteiger partial charge on any atom is 0.163 e. The summed E-state index contributed by atoms with van der Waals surface area (Å²) in [7, 11) is 0. The lowest BCUT2D eigenvalue weighted by Gasteiger charge is -2.40. The van der Waals surface area contributed by atoms with E-state index in [4.69, 9.17) is 9.47 Å². The second-order valence-corrected chi connectivity index (χ2v) is 9.45. The molecule has 0 saturated carbocycles. The zero-order valence-electron chi connectivity index (χ0n) is 18.3. The van der Waals surface area contributed by atoms with Crippen LogP contribution in [0.1, 0.15) is 25.6 Å². The van der Waals surface area contributed by atoms with E-state index in [0.29, 0.717) is 0 Å². The van der Waals surface area contributed by atoms with E-state index in [2.05, 4.69) is 0 Å². The largest absolute Gasteiger partial charge is 0.491 e. The summed E-state index contributed by atoms with van der Waals surface area (Å²) in [6.45, 7) is 5.47. The molecule has 172 valence electrons. The van der Waals surface area contributed by atoms with Crippen molar-refractivity contribution < 1.29 is 29.9 Å².